The Morgan fingerprint density at radius 2 is 0.559 bits per heavy atom. The third-order valence-electron chi connectivity index (χ3n) is 33.6. The highest BCUT2D eigenvalue weighted by atomic mass is 28.3. The fourth-order valence-corrected chi connectivity index (χ4v) is 49.7. The average molecular weight is 1870 g/mol. The molecule has 9 aromatic rings. The molecule has 136 heavy (non-hydrogen) atoms. The Labute approximate surface area is 828 Å². The first kappa shape index (κ1) is 100. The highest BCUT2D eigenvalue weighted by Crippen LogP contribution is 2.67. The number of unbranched alkanes of at least 4 members (excludes halogenated alkanes) is 2. The summed E-state index contributed by atoms with van der Waals surface area (Å²) < 4.78 is 8.88. The molecule has 0 aliphatic heterocycles. The summed E-state index contributed by atoms with van der Waals surface area (Å²) in [6.07, 6.45) is 30.7. The minimum atomic E-state index is -1.86. The predicted octanol–water partition coefficient (Wildman–Crippen LogP) is 36.4. The van der Waals surface area contributed by atoms with Crippen molar-refractivity contribution in [1.29, 1.82) is 0 Å². The van der Waals surface area contributed by atoms with E-state index in [1.54, 1.807) is 27.9 Å². The van der Waals surface area contributed by atoms with Gasteiger partial charge in [0, 0.05) is 101 Å². The monoisotopic (exact) mass is 1860 g/mol. The lowest BCUT2D eigenvalue weighted by Gasteiger charge is -2.57. The highest BCUT2D eigenvalue weighted by molar-refractivity contribution is 6.77. The maximum Gasteiger partial charge on any atom is 0.127 e. The molecule has 0 radical (unpaired) electrons. The molecule has 0 amide bonds. The van der Waals surface area contributed by atoms with E-state index in [0.717, 1.165) is 22.5 Å². The van der Waals surface area contributed by atoms with Crippen LogP contribution in [0.25, 0.3) is 16.7 Å². The first-order valence-corrected chi connectivity index (χ1v) is 61.9. The van der Waals surface area contributed by atoms with Crippen LogP contribution in [0.2, 0.25) is 55.9 Å². The van der Waals surface area contributed by atoms with Crippen molar-refractivity contribution in [2.75, 3.05) is 14.7 Å². The van der Waals surface area contributed by atoms with E-state index in [2.05, 4.69) is 514 Å². The topological polar surface area (TPSA) is 19.4 Å². The van der Waals surface area contributed by atoms with Gasteiger partial charge in [0.25, 0.3) is 0 Å². The van der Waals surface area contributed by atoms with E-state index in [0.29, 0.717) is 35.5 Å². The Kier molecular flexibility index (Phi) is 27.6. The van der Waals surface area contributed by atoms with Crippen LogP contribution in [-0.2, 0) is 16.2 Å². The summed E-state index contributed by atoms with van der Waals surface area (Å²) in [4.78, 5) is 7.25. The van der Waals surface area contributed by atoms with Crippen molar-refractivity contribution in [3.63, 3.8) is 0 Å². The standard InChI is InChI=1S/C46H64N2Si.C41H54N2Si.C40H52N2Si/c1-11-13-29-46(30-14-12-2)41-32-37(47(35-21-17-15-18-22-35)36-23-19-16-20-24-36)26-27-38(41)40-31-34-25-28-43(39(34)33-42(40)46)49(9,10)48(44(3,4)5)45(6,7)8;1-28-24-29-25-35-33-23-22-32(42(30-18-14-12-15-19-30)31-20-16-13-17-21-31)26-36(33)41(8,9)37(35)27-34(29)38(28)44(10,11)43(39(2,3)4)40(5,6)7;1-38(2,3)42(39(4,5)6)43(9,10)37-24-21-28-25-34-32-23-22-31(26-35(32)40(7,8)36(34)27-33(28)37)41(29-17-13-11-14-18-29)30-19-15-12-16-20-30/h15-24,26-27,31-34,39,43H,11-14,25,28-30H2,1-10H3;12-23,25-29,34,38H,24H2,1-11H3;11-20,22-23,25-28,33,37H,21,24H2,1-10H3. The van der Waals surface area contributed by atoms with E-state index in [-0.39, 0.29) is 49.5 Å². The molecule has 0 spiro atoms. The van der Waals surface area contributed by atoms with Gasteiger partial charge in [-0.15, -0.1) is 0 Å². The highest BCUT2D eigenvalue weighted by Gasteiger charge is 2.60. The number of benzene rings is 9. The number of rotatable bonds is 21. The molecule has 6 nitrogen and oxygen atoms in total. The summed E-state index contributed by atoms with van der Waals surface area (Å²) >= 11 is 0. The minimum Gasteiger partial charge on any atom is -0.314 e. The van der Waals surface area contributed by atoms with Crippen LogP contribution in [-0.4, -0.2) is 71.6 Å². The lowest BCUT2D eigenvalue weighted by Crippen LogP contribution is -2.67. The molecule has 10 unspecified atom stereocenters. The summed E-state index contributed by atoms with van der Waals surface area (Å²) in [7, 11) is -5.50. The van der Waals surface area contributed by atoms with E-state index in [9.17, 15) is 0 Å². The lowest BCUT2D eigenvalue weighted by atomic mass is 9.68. The van der Waals surface area contributed by atoms with Gasteiger partial charge >= 0.3 is 0 Å². The molecule has 9 heteroatoms. The molecular formula is C127H170N6Si3. The number of allylic oxidation sites excluding steroid dienone is 12. The number of hydrogen-bond acceptors (Lipinski definition) is 6. The second-order valence-corrected chi connectivity index (χ2v) is 64.5. The third kappa shape index (κ3) is 18.7. The van der Waals surface area contributed by atoms with Crippen molar-refractivity contribution in [3.8, 4) is 0 Å². The van der Waals surface area contributed by atoms with Crippen molar-refractivity contribution in [2.24, 2.45) is 41.4 Å². The molecular weight excluding hydrogens is 1690 g/mol. The molecule has 18 rings (SSSR count). The molecule has 0 N–H and O–H groups in total. The zero-order valence-electron chi connectivity index (χ0n) is 89.7. The quantitative estimate of drug-likeness (QED) is 0.0663. The second kappa shape index (κ2) is 37.4. The van der Waals surface area contributed by atoms with Gasteiger partial charge in [0.05, 0.1) is 0 Å². The smallest absolute Gasteiger partial charge is 0.127 e. The summed E-state index contributed by atoms with van der Waals surface area (Å²) in [5.74, 6) is 4.50. The Hall–Kier alpha value is -8.65. The second-order valence-electron chi connectivity index (χ2n) is 51.1. The Morgan fingerprint density at radius 3 is 0.860 bits per heavy atom. The van der Waals surface area contributed by atoms with Crippen molar-refractivity contribution < 1.29 is 0 Å². The van der Waals surface area contributed by atoms with E-state index in [4.69, 9.17) is 0 Å². The SMILES string of the molecule is CC1(C)C2=CC3C(C=C2c2ccc(N(c4ccccc4)c4ccccc4)cc21)CCC3[Si](C)(C)N(C(C)(C)C)C(C)(C)C.CC1CC2C=C3C(=CC2C1[Si](C)(C)N(C(C)(C)C)C(C)(C)C)C(C)(C)c1cc(N(c2ccccc2)c2ccccc2)ccc13.CCCCC1(CCCC)C2=CC3C(C=C2c2ccc(N(c4ccccc4)c4ccccc4)cc21)CCC3[Si](C)(C)N(C(C)(C)C)C(C)(C)C. The molecule has 3 fully saturated rings. The van der Waals surface area contributed by atoms with Crippen molar-refractivity contribution >= 4 is 92.6 Å². The van der Waals surface area contributed by atoms with Gasteiger partial charge in [-0.05, 0) is 391 Å². The van der Waals surface area contributed by atoms with E-state index in [1.165, 1.54) is 161 Å². The number of fused-ring (bicyclic) bond motifs is 12. The Morgan fingerprint density at radius 1 is 0.294 bits per heavy atom. The summed E-state index contributed by atoms with van der Waals surface area (Å²) in [5.41, 5.74) is 32.2. The number of anilines is 9. The van der Waals surface area contributed by atoms with Crippen LogP contribution in [0.4, 0.5) is 51.2 Å². The zero-order chi connectivity index (χ0) is 98.0. The first-order valence-electron chi connectivity index (χ1n) is 52.8. The van der Waals surface area contributed by atoms with Crippen LogP contribution in [0.1, 0.15) is 277 Å². The molecule has 9 aliphatic carbocycles. The van der Waals surface area contributed by atoms with Gasteiger partial charge in [-0.3, -0.25) is 0 Å². The molecule has 0 saturated heterocycles. The summed E-state index contributed by atoms with van der Waals surface area (Å²) in [5, 5.41) is 0. The molecule has 0 bridgehead atoms. The first-order chi connectivity index (χ1) is 63.9. The van der Waals surface area contributed by atoms with Gasteiger partial charge in [-0.25, -0.2) is 0 Å². The van der Waals surface area contributed by atoms with Crippen LogP contribution in [0.5, 0.6) is 0 Å². The lowest BCUT2D eigenvalue weighted by molar-refractivity contribution is 0.120. The Bertz CT molecular complexity index is 5780. The zero-order valence-corrected chi connectivity index (χ0v) is 92.7. The molecule has 9 aliphatic rings. The molecule has 0 aromatic heterocycles. The van der Waals surface area contributed by atoms with E-state index in [1.807, 2.05) is 0 Å². The van der Waals surface area contributed by atoms with Gasteiger partial charge < -0.3 is 28.4 Å². The van der Waals surface area contributed by atoms with E-state index < -0.39 is 24.7 Å². The molecule has 10 atom stereocenters. The number of hydrogen-bond donors (Lipinski definition) is 0. The van der Waals surface area contributed by atoms with Gasteiger partial charge in [-0.1, -0.05) is 290 Å². The van der Waals surface area contributed by atoms with Crippen LogP contribution in [0, 0.1) is 41.4 Å². The van der Waals surface area contributed by atoms with Crippen molar-refractivity contribution in [3.05, 3.63) is 323 Å². The van der Waals surface area contributed by atoms with Crippen molar-refractivity contribution in [2.45, 2.75) is 349 Å². The maximum atomic E-state index is 2.98. The number of para-hydroxylation sites is 6. The summed E-state index contributed by atoms with van der Waals surface area (Å²) in [6.45, 7) is 77.2. The minimum absolute atomic E-state index is 0.0340. The van der Waals surface area contributed by atoms with Crippen molar-refractivity contribution in [1.82, 2.24) is 13.7 Å². The largest absolute Gasteiger partial charge is 0.314 e. The maximum absolute atomic E-state index is 2.98. The fraction of sp³-hybridized carbons (Fsp3) is 0.480. The summed E-state index contributed by atoms with van der Waals surface area (Å²) in [6, 6.07) is 87.0. The van der Waals surface area contributed by atoms with E-state index >= 15 is 0 Å². The average Bonchev–Trinajstić information content (AvgIpc) is 1.50. The van der Waals surface area contributed by atoms with Crippen LogP contribution in [0.15, 0.2) is 290 Å². The van der Waals surface area contributed by atoms with Gasteiger partial charge in [0.15, 0.2) is 0 Å². The van der Waals surface area contributed by atoms with Crippen LogP contribution >= 0.6 is 0 Å². The van der Waals surface area contributed by atoms with Gasteiger partial charge in [0.1, 0.15) is 24.7 Å². The van der Waals surface area contributed by atoms with Crippen LogP contribution < -0.4 is 14.7 Å². The molecule has 0 heterocycles. The molecule has 9 aromatic carbocycles. The predicted molar refractivity (Wildman–Crippen MR) is 599 cm³/mol. The van der Waals surface area contributed by atoms with Gasteiger partial charge in [0.2, 0.25) is 0 Å². The Balaban J connectivity index is 0.000000148. The van der Waals surface area contributed by atoms with Crippen LogP contribution in [0.3, 0.4) is 0 Å². The molecule has 720 valence electrons. The normalized spacial score (nSPS) is 22.9. The third-order valence-corrected chi connectivity index (χ3v) is 48.6. The number of nitrogens with zero attached hydrogens (tertiary/aromatic N) is 6. The van der Waals surface area contributed by atoms with Gasteiger partial charge in [-0.2, -0.15) is 0 Å². The fourth-order valence-electron chi connectivity index (χ4n) is 31.2. The molecule has 3 saturated carbocycles.